The van der Waals surface area contributed by atoms with Crippen LogP contribution in [-0.2, 0) is 9.84 Å². The van der Waals surface area contributed by atoms with Gasteiger partial charge in [-0.1, -0.05) is 37.8 Å². The molecule has 3 aromatic rings. The summed E-state index contributed by atoms with van der Waals surface area (Å²) in [5.74, 6) is 1.65. The van der Waals surface area contributed by atoms with Crippen molar-refractivity contribution < 1.29 is 13.2 Å². The third-order valence-corrected chi connectivity index (χ3v) is 7.10. The molecule has 4 rings (SSSR count). The molecule has 0 bridgehead atoms. The van der Waals surface area contributed by atoms with E-state index in [1.165, 1.54) is 31.9 Å². The first kappa shape index (κ1) is 20.9. The summed E-state index contributed by atoms with van der Waals surface area (Å²) < 4.78 is 29.5. The Balaban J connectivity index is 1.70. The molecule has 1 unspecified atom stereocenters. The number of benzene rings is 1. The second-order valence-corrected chi connectivity index (χ2v) is 10.8. The van der Waals surface area contributed by atoms with Crippen molar-refractivity contribution >= 4 is 20.9 Å². The third-order valence-electron chi connectivity index (χ3n) is 5.97. The predicted molar refractivity (Wildman–Crippen MR) is 120 cm³/mol. The van der Waals surface area contributed by atoms with Crippen molar-refractivity contribution in [3.8, 4) is 5.75 Å². The van der Waals surface area contributed by atoms with E-state index in [0.717, 1.165) is 34.5 Å². The van der Waals surface area contributed by atoms with Gasteiger partial charge in [-0.25, -0.2) is 13.4 Å². The molecule has 0 spiro atoms. The van der Waals surface area contributed by atoms with Gasteiger partial charge in [-0.05, 0) is 56.0 Å². The summed E-state index contributed by atoms with van der Waals surface area (Å²) in [5.41, 5.74) is 3.11. The van der Waals surface area contributed by atoms with Crippen molar-refractivity contribution in [2.24, 2.45) is 5.92 Å². The summed E-state index contributed by atoms with van der Waals surface area (Å²) in [6, 6.07) is 11.6. The van der Waals surface area contributed by atoms with Crippen LogP contribution in [0.2, 0.25) is 0 Å². The van der Waals surface area contributed by atoms with Gasteiger partial charge in [0.2, 0.25) is 0 Å². The minimum absolute atomic E-state index is 0.103. The Kier molecular flexibility index (Phi) is 5.87. The lowest BCUT2D eigenvalue weighted by molar-refractivity contribution is 0.242. The Morgan fingerprint density at radius 1 is 1.13 bits per heavy atom. The first-order valence-corrected chi connectivity index (χ1v) is 12.6. The van der Waals surface area contributed by atoms with E-state index in [-0.39, 0.29) is 12.0 Å². The smallest absolute Gasteiger partial charge is 0.175 e. The number of aromatic nitrogens is 2. The number of nitrogens with one attached hydrogen (secondary N) is 1. The van der Waals surface area contributed by atoms with Crippen molar-refractivity contribution in [3.05, 3.63) is 53.9 Å². The topological polar surface area (TPSA) is 72.0 Å². The number of ether oxygens (including phenoxy) is 1. The standard InChI is InChI=1S/C24H30N2O3S/c1-16(2)29-20-13-19-14-23(26-24(19)25-15-20)22(12-17-6-4-5-7-17)18-8-10-21(11-9-18)30(3,27)28/h8-11,13-17,22H,4-7,12H2,1-3H3,(H,25,26). The van der Waals surface area contributed by atoms with Crippen molar-refractivity contribution in [2.75, 3.05) is 6.26 Å². The molecule has 1 N–H and O–H groups in total. The molecule has 30 heavy (non-hydrogen) atoms. The first-order valence-electron chi connectivity index (χ1n) is 10.7. The number of aromatic amines is 1. The molecule has 1 aliphatic carbocycles. The summed E-state index contributed by atoms with van der Waals surface area (Å²) >= 11 is 0. The highest BCUT2D eigenvalue weighted by molar-refractivity contribution is 7.90. The zero-order valence-electron chi connectivity index (χ0n) is 17.9. The summed E-state index contributed by atoms with van der Waals surface area (Å²) in [4.78, 5) is 8.42. The second-order valence-electron chi connectivity index (χ2n) is 8.78. The highest BCUT2D eigenvalue weighted by Crippen LogP contribution is 2.38. The van der Waals surface area contributed by atoms with Crippen LogP contribution in [0.25, 0.3) is 11.0 Å². The molecule has 2 heterocycles. The SMILES string of the molecule is CC(C)Oc1cnc2[nH]c(C(CC3CCCC3)c3ccc(S(C)(=O)=O)cc3)cc2c1. The van der Waals surface area contributed by atoms with Crippen LogP contribution in [0.3, 0.4) is 0 Å². The number of rotatable bonds is 7. The van der Waals surface area contributed by atoms with E-state index in [9.17, 15) is 8.42 Å². The molecule has 0 amide bonds. The van der Waals surface area contributed by atoms with E-state index in [4.69, 9.17) is 4.74 Å². The highest BCUT2D eigenvalue weighted by Gasteiger charge is 2.24. The highest BCUT2D eigenvalue weighted by atomic mass is 32.2. The van der Waals surface area contributed by atoms with E-state index < -0.39 is 9.84 Å². The summed E-state index contributed by atoms with van der Waals surface area (Å²) in [6.07, 6.45) is 9.30. The van der Waals surface area contributed by atoms with Gasteiger partial charge >= 0.3 is 0 Å². The van der Waals surface area contributed by atoms with E-state index in [0.29, 0.717) is 10.8 Å². The van der Waals surface area contributed by atoms with Crippen LogP contribution in [-0.4, -0.2) is 30.7 Å². The van der Waals surface area contributed by atoms with E-state index in [2.05, 4.69) is 16.0 Å². The number of nitrogens with zero attached hydrogens (tertiary/aromatic N) is 1. The monoisotopic (exact) mass is 426 g/mol. The van der Waals surface area contributed by atoms with Gasteiger partial charge in [-0.3, -0.25) is 0 Å². The molecule has 0 saturated heterocycles. The van der Waals surface area contributed by atoms with Gasteiger partial charge in [-0.2, -0.15) is 0 Å². The maximum atomic E-state index is 11.9. The Labute approximate surface area is 178 Å². The second kappa shape index (κ2) is 8.42. The predicted octanol–water partition coefficient (Wildman–Crippen LogP) is 5.47. The molecule has 1 aliphatic rings. The maximum Gasteiger partial charge on any atom is 0.175 e. The summed E-state index contributed by atoms with van der Waals surface area (Å²) in [6.45, 7) is 4.01. The maximum absolute atomic E-state index is 11.9. The van der Waals surface area contributed by atoms with E-state index >= 15 is 0 Å². The average molecular weight is 427 g/mol. The molecule has 0 aliphatic heterocycles. The molecular weight excluding hydrogens is 396 g/mol. The van der Waals surface area contributed by atoms with Crippen LogP contribution >= 0.6 is 0 Å². The molecule has 1 saturated carbocycles. The zero-order chi connectivity index (χ0) is 21.3. The minimum Gasteiger partial charge on any atom is -0.489 e. The number of hydrogen-bond acceptors (Lipinski definition) is 4. The fourth-order valence-electron chi connectivity index (χ4n) is 4.51. The van der Waals surface area contributed by atoms with Gasteiger partial charge in [0.15, 0.2) is 9.84 Å². The van der Waals surface area contributed by atoms with E-state index in [1.807, 2.05) is 32.0 Å². The quantitative estimate of drug-likeness (QED) is 0.544. The Hall–Kier alpha value is -2.34. The third kappa shape index (κ3) is 4.69. The molecule has 1 fully saturated rings. The van der Waals surface area contributed by atoms with Gasteiger partial charge < -0.3 is 9.72 Å². The lowest BCUT2D eigenvalue weighted by atomic mass is 9.85. The van der Waals surface area contributed by atoms with Crippen LogP contribution < -0.4 is 4.74 Å². The molecule has 160 valence electrons. The first-order chi connectivity index (χ1) is 14.3. The van der Waals surface area contributed by atoms with Crippen molar-refractivity contribution in [1.29, 1.82) is 0 Å². The minimum atomic E-state index is -3.20. The van der Waals surface area contributed by atoms with Gasteiger partial charge in [0.25, 0.3) is 0 Å². The number of sulfone groups is 1. The van der Waals surface area contributed by atoms with Crippen LogP contribution in [0, 0.1) is 5.92 Å². The van der Waals surface area contributed by atoms with Gasteiger partial charge in [0.1, 0.15) is 11.4 Å². The number of pyridine rings is 1. The van der Waals surface area contributed by atoms with Crippen LogP contribution in [0.4, 0.5) is 0 Å². The molecule has 5 nitrogen and oxygen atoms in total. The summed E-state index contributed by atoms with van der Waals surface area (Å²) in [5, 5.41) is 1.03. The average Bonchev–Trinajstić information content (AvgIpc) is 3.34. The van der Waals surface area contributed by atoms with Gasteiger partial charge in [0, 0.05) is 23.3 Å². The van der Waals surface area contributed by atoms with Crippen LogP contribution in [0.5, 0.6) is 5.75 Å². The Morgan fingerprint density at radius 3 is 2.47 bits per heavy atom. The number of H-pyrrole nitrogens is 1. The lowest BCUT2D eigenvalue weighted by Gasteiger charge is -2.20. The van der Waals surface area contributed by atoms with Crippen LogP contribution in [0.1, 0.15) is 63.1 Å². The molecule has 0 radical (unpaired) electrons. The van der Waals surface area contributed by atoms with Gasteiger partial charge in [0.05, 0.1) is 17.2 Å². The van der Waals surface area contributed by atoms with Crippen LogP contribution in [0.15, 0.2) is 47.5 Å². The van der Waals surface area contributed by atoms with Crippen molar-refractivity contribution in [3.63, 3.8) is 0 Å². The molecule has 2 aromatic heterocycles. The number of fused-ring (bicyclic) bond motifs is 1. The molecular formula is C24H30N2O3S. The fraction of sp³-hybridized carbons (Fsp3) is 0.458. The van der Waals surface area contributed by atoms with Gasteiger partial charge in [-0.15, -0.1) is 0 Å². The largest absolute Gasteiger partial charge is 0.489 e. The molecule has 1 aromatic carbocycles. The van der Waals surface area contributed by atoms with E-state index in [1.54, 1.807) is 18.3 Å². The summed E-state index contributed by atoms with van der Waals surface area (Å²) in [7, 11) is -3.20. The Bertz CT molecular complexity index is 1110. The molecule has 6 heteroatoms. The fourth-order valence-corrected chi connectivity index (χ4v) is 5.14. The molecule has 1 atom stereocenters. The normalized spacial score (nSPS) is 16.4. The lowest BCUT2D eigenvalue weighted by Crippen LogP contribution is -2.08. The van der Waals surface area contributed by atoms with Crippen molar-refractivity contribution in [1.82, 2.24) is 9.97 Å². The zero-order valence-corrected chi connectivity index (χ0v) is 18.7. The van der Waals surface area contributed by atoms with Crippen molar-refractivity contribution in [2.45, 2.75) is 62.9 Å². The number of hydrogen-bond donors (Lipinski definition) is 1. The Morgan fingerprint density at radius 2 is 1.83 bits per heavy atom.